The van der Waals surface area contributed by atoms with Crippen LogP contribution in [0.3, 0.4) is 0 Å². The lowest BCUT2D eigenvalue weighted by molar-refractivity contribution is -0.243. The second-order valence-electron chi connectivity index (χ2n) is 6.29. The molecule has 0 aliphatic carbocycles. The van der Waals surface area contributed by atoms with E-state index in [4.69, 9.17) is 35.3 Å². The van der Waals surface area contributed by atoms with E-state index in [1.165, 1.54) is 0 Å². The van der Waals surface area contributed by atoms with E-state index in [0.29, 0.717) is 33.0 Å². The topological polar surface area (TPSA) is 46.2 Å². The van der Waals surface area contributed by atoms with Gasteiger partial charge < -0.3 is 23.7 Å². The van der Waals surface area contributed by atoms with Crippen molar-refractivity contribution in [2.24, 2.45) is 0 Å². The maximum absolute atomic E-state index is 6.46. The first-order chi connectivity index (χ1) is 13.7. The lowest BCUT2D eigenvalue weighted by Crippen LogP contribution is -2.60. The fraction of sp³-hybridized carbons (Fsp3) is 0.455. The maximum Gasteiger partial charge on any atom is 0.160 e. The van der Waals surface area contributed by atoms with Crippen LogP contribution in [-0.2, 0) is 30.3 Å². The zero-order chi connectivity index (χ0) is 20.2. The highest BCUT2D eigenvalue weighted by atomic mass is 35.5. The molecular formula is C22H29ClO5. The predicted octanol–water partition coefficient (Wildman–Crippen LogP) is 3.88. The highest BCUT2D eigenvalue weighted by molar-refractivity contribution is 6.20. The van der Waals surface area contributed by atoms with Crippen LogP contribution in [0.25, 0.3) is 0 Å². The second kappa shape index (κ2) is 12.9. The van der Waals surface area contributed by atoms with E-state index in [-0.39, 0.29) is 0 Å². The molecule has 5 nitrogen and oxygen atoms in total. The van der Waals surface area contributed by atoms with Crippen LogP contribution >= 0.6 is 11.6 Å². The van der Waals surface area contributed by atoms with E-state index in [0.717, 1.165) is 5.56 Å². The number of hydrogen-bond donors (Lipinski definition) is 0. The van der Waals surface area contributed by atoms with Gasteiger partial charge in [0.25, 0.3) is 0 Å². The third-order valence-corrected chi connectivity index (χ3v) is 4.54. The standard InChI is InChI=1S/C22H29ClO5/c1-4-12-25-19-18(16-24-15-17-10-8-7-9-11-17)28-22(23)21(27-14-6-3)20(19)26-13-5-2/h4-11,18-22H,1-3,12-16H2/t18-,19-,20+,21+,22+/m1/s1. The Kier molecular flexibility index (Phi) is 10.5. The van der Waals surface area contributed by atoms with Gasteiger partial charge in [0, 0.05) is 0 Å². The van der Waals surface area contributed by atoms with Crippen molar-refractivity contribution < 1.29 is 23.7 Å². The van der Waals surface area contributed by atoms with Crippen LogP contribution in [0.5, 0.6) is 0 Å². The van der Waals surface area contributed by atoms with E-state index in [9.17, 15) is 0 Å². The molecule has 0 unspecified atom stereocenters. The molecule has 0 radical (unpaired) electrons. The first kappa shape index (κ1) is 22.8. The first-order valence-electron chi connectivity index (χ1n) is 9.30. The van der Waals surface area contributed by atoms with Crippen LogP contribution in [0.4, 0.5) is 0 Å². The van der Waals surface area contributed by atoms with Crippen LogP contribution in [0.15, 0.2) is 68.3 Å². The molecule has 1 aromatic rings. The molecular weight excluding hydrogens is 380 g/mol. The number of benzene rings is 1. The van der Waals surface area contributed by atoms with Gasteiger partial charge in [-0.1, -0.05) is 60.2 Å². The molecule has 0 amide bonds. The van der Waals surface area contributed by atoms with Gasteiger partial charge in [0.1, 0.15) is 24.4 Å². The summed E-state index contributed by atoms with van der Waals surface area (Å²) in [5.74, 6) is 0. The molecule has 6 heteroatoms. The van der Waals surface area contributed by atoms with Crippen molar-refractivity contribution in [1.82, 2.24) is 0 Å². The van der Waals surface area contributed by atoms with Gasteiger partial charge in [-0.2, -0.15) is 0 Å². The number of halogens is 1. The van der Waals surface area contributed by atoms with E-state index >= 15 is 0 Å². The zero-order valence-electron chi connectivity index (χ0n) is 16.1. The number of hydrogen-bond acceptors (Lipinski definition) is 5. The average Bonchev–Trinajstić information content (AvgIpc) is 2.71. The summed E-state index contributed by atoms with van der Waals surface area (Å²) >= 11 is 6.46. The molecule has 28 heavy (non-hydrogen) atoms. The fourth-order valence-corrected chi connectivity index (χ4v) is 3.32. The van der Waals surface area contributed by atoms with Crippen molar-refractivity contribution in [2.75, 3.05) is 26.4 Å². The maximum atomic E-state index is 6.46. The minimum Gasteiger partial charge on any atom is -0.374 e. The lowest BCUT2D eigenvalue weighted by atomic mass is 9.99. The third-order valence-electron chi connectivity index (χ3n) is 4.19. The molecule has 1 aliphatic heterocycles. The molecule has 0 bridgehead atoms. The third kappa shape index (κ3) is 6.85. The van der Waals surface area contributed by atoms with Gasteiger partial charge in [-0.05, 0) is 5.56 Å². The smallest absolute Gasteiger partial charge is 0.160 e. The Bertz CT molecular complexity index is 594. The molecule has 1 aliphatic rings. The van der Waals surface area contributed by atoms with Gasteiger partial charge in [-0.15, -0.1) is 19.7 Å². The molecule has 0 N–H and O–H groups in total. The first-order valence-corrected chi connectivity index (χ1v) is 9.73. The van der Waals surface area contributed by atoms with Gasteiger partial charge in [0.15, 0.2) is 5.56 Å². The van der Waals surface area contributed by atoms with Crippen LogP contribution in [0.2, 0.25) is 0 Å². The zero-order valence-corrected chi connectivity index (χ0v) is 16.8. The summed E-state index contributed by atoms with van der Waals surface area (Å²) in [6, 6.07) is 9.93. The Labute approximate surface area is 172 Å². The highest BCUT2D eigenvalue weighted by Gasteiger charge is 2.47. The molecule has 0 saturated carbocycles. The summed E-state index contributed by atoms with van der Waals surface area (Å²) in [6.07, 6.45) is 3.21. The van der Waals surface area contributed by atoms with E-state index in [1.54, 1.807) is 18.2 Å². The second-order valence-corrected chi connectivity index (χ2v) is 6.72. The number of alkyl halides is 1. The van der Waals surface area contributed by atoms with Crippen molar-refractivity contribution in [3.63, 3.8) is 0 Å². The SMILES string of the molecule is C=CCO[C@@H]1[C@H](OCC=C)[C@@H](Cl)O[C@H](COCc2ccccc2)[C@H]1OCC=C. The van der Waals surface area contributed by atoms with Gasteiger partial charge in [-0.25, -0.2) is 0 Å². The lowest BCUT2D eigenvalue weighted by Gasteiger charge is -2.44. The summed E-state index contributed by atoms with van der Waals surface area (Å²) in [6.45, 7) is 12.9. The van der Waals surface area contributed by atoms with Crippen molar-refractivity contribution in [3.05, 3.63) is 73.9 Å². The summed E-state index contributed by atoms with van der Waals surface area (Å²) in [5, 5.41) is 0. The van der Waals surface area contributed by atoms with Gasteiger partial charge in [0.05, 0.1) is 33.0 Å². The molecule has 5 atom stereocenters. The number of ether oxygens (including phenoxy) is 5. The van der Waals surface area contributed by atoms with Gasteiger partial charge >= 0.3 is 0 Å². The Morgan fingerprint density at radius 1 is 0.857 bits per heavy atom. The van der Waals surface area contributed by atoms with Crippen LogP contribution in [0, 0.1) is 0 Å². The minimum absolute atomic E-state index is 0.308. The van der Waals surface area contributed by atoms with Crippen molar-refractivity contribution >= 4 is 11.6 Å². The van der Waals surface area contributed by atoms with E-state index in [1.807, 2.05) is 30.3 Å². The number of rotatable bonds is 13. The van der Waals surface area contributed by atoms with Crippen molar-refractivity contribution in [2.45, 2.75) is 36.6 Å². The van der Waals surface area contributed by atoms with Crippen molar-refractivity contribution in [3.8, 4) is 0 Å². The largest absolute Gasteiger partial charge is 0.374 e. The monoisotopic (exact) mass is 408 g/mol. The quantitative estimate of drug-likeness (QED) is 0.366. The molecule has 0 spiro atoms. The van der Waals surface area contributed by atoms with Crippen LogP contribution in [0.1, 0.15) is 5.56 Å². The molecule has 1 heterocycles. The molecule has 0 aromatic heterocycles. The predicted molar refractivity (Wildman–Crippen MR) is 110 cm³/mol. The summed E-state index contributed by atoms with van der Waals surface area (Å²) < 4.78 is 29.6. The summed E-state index contributed by atoms with van der Waals surface area (Å²) in [4.78, 5) is 0. The van der Waals surface area contributed by atoms with E-state index < -0.39 is 30.0 Å². The molecule has 1 aromatic carbocycles. The van der Waals surface area contributed by atoms with Crippen LogP contribution < -0.4 is 0 Å². The highest BCUT2D eigenvalue weighted by Crippen LogP contribution is 2.30. The Morgan fingerprint density at radius 2 is 1.43 bits per heavy atom. The Balaban J connectivity index is 2.08. The van der Waals surface area contributed by atoms with E-state index in [2.05, 4.69) is 19.7 Å². The van der Waals surface area contributed by atoms with Gasteiger partial charge in [-0.3, -0.25) is 0 Å². The van der Waals surface area contributed by atoms with Crippen molar-refractivity contribution in [1.29, 1.82) is 0 Å². The fourth-order valence-electron chi connectivity index (χ4n) is 2.97. The Morgan fingerprint density at radius 3 is 2.04 bits per heavy atom. The minimum atomic E-state index is -0.705. The molecule has 1 fully saturated rings. The average molecular weight is 409 g/mol. The van der Waals surface area contributed by atoms with Gasteiger partial charge in [0.2, 0.25) is 0 Å². The normalized spacial score (nSPS) is 27.2. The molecule has 2 rings (SSSR count). The summed E-state index contributed by atoms with van der Waals surface area (Å²) in [7, 11) is 0. The molecule has 154 valence electrons. The Hall–Kier alpha value is -1.47. The van der Waals surface area contributed by atoms with Crippen LogP contribution in [-0.4, -0.2) is 56.4 Å². The summed E-state index contributed by atoms with van der Waals surface area (Å²) in [5.41, 5.74) is 0.375. The molecule has 1 saturated heterocycles.